The van der Waals surface area contributed by atoms with Crippen LogP contribution < -0.4 is 5.73 Å². The van der Waals surface area contributed by atoms with Gasteiger partial charge >= 0.3 is 0 Å². The first kappa shape index (κ1) is 18.3. The topological polar surface area (TPSA) is 29.3 Å². The van der Waals surface area contributed by atoms with Crippen LogP contribution in [0.15, 0.2) is 0 Å². The van der Waals surface area contributed by atoms with Gasteiger partial charge in [-0.1, -0.05) is 13.8 Å². The van der Waals surface area contributed by atoms with Crippen molar-refractivity contribution in [3.05, 3.63) is 0 Å². The van der Waals surface area contributed by atoms with Gasteiger partial charge in [0.25, 0.3) is 0 Å². The van der Waals surface area contributed by atoms with Crippen LogP contribution in [0.3, 0.4) is 0 Å². The normalized spacial score (nSPS) is 53.9. The maximum Gasteiger partial charge on any atom is 0.00944 e. The lowest BCUT2D eigenvalue weighted by molar-refractivity contribution is -0.116. The third-order valence-corrected chi connectivity index (χ3v) is 10.2. The van der Waals surface area contributed by atoms with Gasteiger partial charge in [0.2, 0.25) is 0 Å². The van der Waals surface area contributed by atoms with Crippen LogP contribution in [0.4, 0.5) is 0 Å². The van der Waals surface area contributed by atoms with Crippen LogP contribution in [0.25, 0.3) is 0 Å². The van der Waals surface area contributed by atoms with E-state index in [4.69, 9.17) is 5.73 Å². The molecule has 0 spiro atoms. The van der Waals surface area contributed by atoms with E-state index < -0.39 is 0 Å². The minimum absolute atomic E-state index is 0.486. The fourth-order valence-electron chi connectivity index (χ4n) is 8.48. The summed E-state index contributed by atoms with van der Waals surface area (Å²) in [6.45, 7) is 7.82. The molecule has 4 rings (SSSR count). The summed E-state index contributed by atoms with van der Waals surface area (Å²) in [5.41, 5.74) is 7.55. The molecule has 9 atom stereocenters. The van der Waals surface area contributed by atoms with Gasteiger partial charge in [-0.15, -0.1) is 0 Å². The predicted molar refractivity (Wildman–Crippen MR) is 106 cm³/mol. The molecule has 0 heterocycles. The van der Waals surface area contributed by atoms with Crippen molar-refractivity contribution in [1.82, 2.24) is 4.90 Å². The molecule has 0 amide bonds. The van der Waals surface area contributed by atoms with E-state index in [0.29, 0.717) is 16.9 Å². The lowest BCUT2D eigenvalue weighted by Crippen LogP contribution is -2.55. The molecule has 2 nitrogen and oxygen atoms in total. The molecule has 144 valence electrons. The second kappa shape index (κ2) is 6.23. The van der Waals surface area contributed by atoms with Crippen molar-refractivity contribution in [2.45, 2.75) is 90.6 Å². The quantitative estimate of drug-likeness (QED) is 0.768. The number of rotatable bonds is 2. The molecular weight excluding hydrogens is 304 g/mol. The average Bonchev–Trinajstić information content (AvgIpc) is 2.92. The van der Waals surface area contributed by atoms with Crippen molar-refractivity contribution in [1.29, 1.82) is 0 Å². The zero-order valence-corrected chi connectivity index (χ0v) is 17.4. The van der Waals surface area contributed by atoms with Gasteiger partial charge in [0.1, 0.15) is 0 Å². The fourth-order valence-corrected chi connectivity index (χ4v) is 8.48. The largest absolute Gasteiger partial charge is 0.328 e. The van der Waals surface area contributed by atoms with Crippen LogP contribution in [0.2, 0.25) is 0 Å². The highest BCUT2D eigenvalue weighted by Crippen LogP contribution is 2.67. The minimum atomic E-state index is 0.486. The van der Waals surface area contributed by atoms with Crippen molar-refractivity contribution < 1.29 is 0 Å². The monoisotopic (exact) mass is 346 g/mol. The van der Waals surface area contributed by atoms with Gasteiger partial charge in [-0.05, 0) is 119 Å². The van der Waals surface area contributed by atoms with Gasteiger partial charge in [0.05, 0.1) is 0 Å². The van der Waals surface area contributed by atoms with E-state index in [0.717, 1.165) is 35.6 Å². The molecule has 0 bridgehead atoms. The van der Waals surface area contributed by atoms with Crippen molar-refractivity contribution >= 4 is 0 Å². The third kappa shape index (κ3) is 2.64. The Labute approximate surface area is 156 Å². The van der Waals surface area contributed by atoms with Gasteiger partial charge in [0.15, 0.2) is 0 Å². The molecule has 0 aromatic heterocycles. The number of hydrogen-bond donors (Lipinski definition) is 1. The molecule has 2 heteroatoms. The number of nitrogens with zero attached hydrogens (tertiary/aromatic N) is 1. The van der Waals surface area contributed by atoms with Crippen LogP contribution in [0.5, 0.6) is 0 Å². The summed E-state index contributed by atoms with van der Waals surface area (Å²) in [5, 5.41) is 0. The van der Waals surface area contributed by atoms with Crippen LogP contribution >= 0.6 is 0 Å². The second-order valence-corrected chi connectivity index (χ2v) is 11.1. The Bertz CT molecular complexity index is 502. The Balaban J connectivity index is 1.58. The summed E-state index contributed by atoms with van der Waals surface area (Å²) < 4.78 is 0. The number of hydrogen-bond acceptors (Lipinski definition) is 2. The van der Waals surface area contributed by atoms with Gasteiger partial charge in [-0.2, -0.15) is 0 Å². The van der Waals surface area contributed by atoms with Crippen molar-refractivity contribution in [2.24, 2.45) is 46.2 Å². The lowest BCUT2D eigenvalue weighted by atomic mass is 9.44. The van der Waals surface area contributed by atoms with E-state index in [2.05, 4.69) is 39.8 Å². The molecule has 4 fully saturated rings. The highest BCUT2D eigenvalue weighted by molar-refractivity contribution is 5.10. The molecule has 0 radical (unpaired) electrons. The molecule has 2 N–H and O–H groups in total. The summed E-state index contributed by atoms with van der Waals surface area (Å²) >= 11 is 0. The van der Waals surface area contributed by atoms with Crippen molar-refractivity contribution in [2.75, 3.05) is 14.1 Å². The third-order valence-electron chi connectivity index (χ3n) is 10.2. The Kier molecular flexibility index (Phi) is 4.56. The van der Waals surface area contributed by atoms with E-state index in [1.165, 1.54) is 57.8 Å². The highest BCUT2D eigenvalue weighted by Gasteiger charge is 2.60. The van der Waals surface area contributed by atoms with Gasteiger partial charge in [0, 0.05) is 12.1 Å². The maximum atomic E-state index is 6.35. The summed E-state index contributed by atoms with van der Waals surface area (Å²) in [7, 11) is 4.56. The fraction of sp³-hybridized carbons (Fsp3) is 1.00. The average molecular weight is 347 g/mol. The standard InChI is InChI=1S/C23H42N2/c1-15(25(4)5)19-8-9-20-18-7-6-16-14-17(24)10-12-22(16,2)21(18)11-13-23(19,20)3/h15-21H,6-14,24H2,1-5H3/t15-,16-,17-,18-,19?,20-,21-,22-,23+/m0/s1. The first-order valence-corrected chi connectivity index (χ1v) is 11.2. The Morgan fingerprint density at radius 1 is 0.880 bits per heavy atom. The Hall–Kier alpha value is -0.0800. The van der Waals surface area contributed by atoms with Crippen LogP contribution in [0, 0.1) is 40.4 Å². The van der Waals surface area contributed by atoms with Gasteiger partial charge < -0.3 is 10.6 Å². The molecule has 25 heavy (non-hydrogen) atoms. The number of fused-ring (bicyclic) bond motifs is 5. The zero-order valence-electron chi connectivity index (χ0n) is 17.4. The summed E-state index contributed by atoms with van der Waals surface area (Å²) in [4.78, 5) is 2.48. The van der Waals surface area contributed by atoms with Crippen LogP contribution in [0.1, 0.15) is 78.6 Å². The molecule has 4 aliphatic rings. The maximum absolute atomic E-state index is 6.35. The molecule has 4 saturated carbocycles. The van der Waals surface area contributed by atoms with E-state index in [9.17, 15) is 0 Å². The molecule has 0 saturated heterocycles. The summed E-state index contributed by atoms with van der Waals surface area (Å²) in [6.07, 6.45) is 12.9. The minimum Gasteiger partial charge on any atom is -0.328 e. The Morgan fingerprint density at radius 2 is 1.56 bits per heavy atom. The molecular formula is C23H42N2. The van der Waals surface area contributed by atoms with Crippen LogP contribution in [-0.2, 0) is 0 Å². The van der Waals surface area contributed by atoms with E-state index >= 15 is 0 Å². The SMILES string of the molecule is C[C@@H](C1CC[C@H]2[C@@H]3CC[C@H]4C[C@@H](N)CC[C@]4(C)[C@H]3CC[C@]12C)N(C)C. The number of nitrogens with two attached hydrogens (primary N) is 1. The van der Waals surface area contributed by atoms with E-state index in [1.807, 2.05) is 0 Å². The highest BCUT2D eigenvalue weighted by atomic mass is 15.1. The predicted octanol–water partition coefficient (Wildman–Crippen LogP) is 4.92. The molecule has 0 aromatic rings. The first-order chi connectivity index (χ1) is 11.8. The van der Waals surface area contributed by atoms with Crippen molar-refractivity contribution in [3.63, 3.8) is 0 Å². The molecule has 0 aromatic carbocycles. The molecule has 1 unspecified atom stereocenters. The van der Waals surface area contributed by atoms with Crippen molar-refractivity contribution in [3.8, 4) is 0 Å². The zero-order chi connectivity index (χ0) is 18.0. The summed E-state index contributed by atoms with van der Waals surface area (Å²) in [6, 6.07) is 1.21. The Morgan fingerprint density at radius 3 is 2.28 bits per heavy atom. The van der Waals surface area contributed by atoms with E-state index in [1.54, 1.807) is 0 Å². The lowest BCUT2D eigenvalue weighted by Gasteiger charge is -2.61. The molecule has 4 aliphatic carbocycles. The van der Waals surface area contributed by atoms with E-state index in [-0.39, 0.29) is 0 Å². The second-order valence-electron chi connectivity index (χ2n) is 11.1. The molecule has 0 aliphatic heterocycles. The van der Waals surface area contributed by atoms with Gasteiger partial charge in [-0.25, -0.2) is 0 Å². The smallest absolute Gasteiger partial charge is 0.00944 e. The first-order valence-electron chi connectivity index (χ1n) is 11.2. The summed E-state index contributed by atoms with van der Waals surface area (Å²) in [5.74, 6) is 4.81. The van der Waals surface area contributed by atoms with Crippen LogP contribution in [-0.4, -0.2) is 31.1 Å². The van der Waals surface area contributed by atoms with Gasteiger partial charge in [-0.3, -0.25) is 0 Å².